The number of aromatic nitrogens is 1. The monoisotopic (exact) mass is 250 g/mol. The zero-order valence-electron chi connectivity index (χ0n) is 10.4. The molecule has 6 nitrogen and oxygen atoms in total. The summed E-state index contributed by atoms with van der Waals surface area (Å²) in [4.78, 5) is 36.6. The minimum atomic E-state index is -0.713. The van der Waals surface area contributed by atoms with Crippen LogP contribution >= 0.6 is 0 Å². The number of nitrogens with zero attached hydrogens (tertiary/aromatic N) is 1. The number of anilines is 1. The van der Waals surface area contributed by atoms with Gasteiger partial charge in [0.05, 0.1) is 5.69 Å². The normalized spacial score (nSPS) is 10.6. The van der Waals surface area contributed by atoms with E-state index in [1.807, 2.05) is 0 Å². The van der Waals surface area contributed by atoms with Gasteiger partial charge in [0.1, 0.15) is 11.3 Å². The molecule has 0 aromatic carbocycles. The Bertz CT molecular complexity index is 477. The van der Waals surface area contributed by atoms with Crippen molar-refractivity contribution >= 4 is 24.4 Å². The molecular weight excluding hydrogens is 236 g/mol. The van der Waals surface area contributed by atoms with Crippen LogP contribution in [0.2, 0.25) is 0 Å². The molecule has 1 heterocycles. The average Bonchev–Trinajstić information content (AvgIpc) is 2.26. The summed E-state index contributed by atoms with van der Waals surface area (Å²) in [7, 11) is 0. The molecule has 1 aromatic rings. The average molecular weight is 250 g/mol. The van der Waals surface area contributed by atoms with Crippen LogP contribution in [0.15, 0.2) is 12.3 Å². The van der Waals surface area contributed by atoms with Gasteiger partial charge in [-0.3, -0.25) is 19.9 Å². The lowest BCUT2D eigenvalue weighted by atomic mass is 10.2. The number of hydrogen-bond donors (Lipinski definition) is 1. The number of ether oxygens (including phenoxy) is 1. The topological polar surface area (TPSA) is 85.4 Å². The summed E-state index contributed by atoms with van der Waals surface area (Å²) in [5.41, 5.74) is -0.219. The molecule has 0 bridgehead atoms. The first-order valence-electron chi connectivity index (χ1n) is 5.26. The van der Waals surface area contributed by atoms with Gasteiger partial charge in [-0.15, -0.1) is 0 Å². The van der Waals surface area contributed by atoms with Gasteiger partial charge in [-0.2, -0.15) is 0 Å². The lowest BCUT2D eigenvalue weighted by Gasteiger charge is -2.19. The molecular formula is C12H14N2O4. The van der Waals surface area contributed by atoms with Crippen molar-refractivity contribution in [3.8, 4) is 0 Å². The second kappa shape index (κ2) is 5.39. The molecule has 0 unspecified atom stereocenters. The first-order chi connectivity index (χ1) is 8.35. The van der Waals surface area contributed by atoms with E-state index in [4.69, 9.17) is 4.74 Å². The van der Waals surface area contributed by atoms with Gasteiger partial charge in [0.25, 0.3) is 0 Å². The number of hydrogen-bond acceptors (Lipinski definition) is 5. The molecule has 96 valence electrons. The molecule has 0 spiro atoms. The molecule has 0 atom stereocenters. The summed E-state index contributed by atoms with van der Waals surface area (Å²) in [6, 6.07) is 1.35. The predicted molar refractivity (Wildman–Crippen MR) is 64.9 cm³/mol. The predicted octanol–water partition coefficient (Wildman–Crippen LogP) is 2.05. The number of amides is 1. The highest BCUT2D eigenvalue weighted by Crippen LogP contribution is 2.15. The highest BCUT2D eigenvalue weighted by molar-refractivity contribution is 5.93. The summed E-state index contributed by atoms with van der Waals surface area (Å²) < 4.78 is 5.03. The Morgan fingerprint density at radius 3 is 2.50 bits per heavy atom. The van der Waals surface area contributed by atoms with Crippen LogP contribution in [0.4, 0.5) is 10.5 Å². The van der Waals surface area contributed by atoms with Crippen molar-refractivity contribution in [1.29, 1.82) is 0 Å². The largest absolute Gasteiger partial charge is 0.444 e. The molecule has 1 rings (SSSR count). The van der Waals surface area contributed by atoms with Gasteiger partial charge in [-0.1, -0.05) is 0 Å². The lowest BCUT2D eigenvalue weighted by Crippen LogP contribution is -2.27. The fraction of sp³-hybridized carbons (Fsp3) is 0.333. The van der Waals surface area contributed by atoms with E-state index in [0.29, 0.717) is 12.6 Å². The number of nitrogens with one attached hydrogen (secondary N) is 1. The number of carbonyl (C=O) groups excluding carboxylic acids is 3. The minimum Gasteiger partial charge on any atom is -0.444 e. The van der Waals surface area contributed by atoms with E-state index in [-0.39, 0.29) is 16.9 Å². The van der Waals surface area contributed by atoms with Gasteiger partial charge < -0.3 is 4.74 Å². The fourth-order valence-electron chi connectivity index (χ4n) is 1.16. The first-order valence-corrected chi connectivity index (χ1v) is 5.26. The molecule has 1 amide bonds. The summed E-state index contributed by atoms with van der Waals surface area (Å²) in [6.07, 6.45) is 1.59. The van der Waals surface area contributed by atoms with E-state index in [2.05, 4.69) is 10.3 Å². The van der Waals surface area contributed by atoms with E-state index in [9.17, 15) is 14.4 Å². The number of rotatable bonds is 3. The minimum absolute atomic E-state index is 0.0338. The summed E-state index contributed by atoms with van der Waals surface area (Å²) in [6.45, 7) is 5.15. The van der Waals surface area contributed by atoms with Crippen molar-refractivity contribution in [2.24, 2.45) is 0 Å². The van der Waals surface area contributed by atoms with Crippen molar-refractivity contribution in [1.82, 2.24) is 4.98 Å². The fourth-order valence-corrected chi connectivity index (χ4v) is 1.16. The molecule has 0 saturated heterocycles. The van der Waals surface area contributed by atoms with Crippen molar-refractivity contribution in [2.45, 2.75) is 26.4 Å². The third-order valence-corrected chi connectivity index (χ3v) is 1.82. The Morgan fingerprint density at radius 2 is 2.00 bits per heavy atom. The molecule has 0 saturated carbocycles. The SMILES string of the molecule is CC(C)(C)OC(=O)Nc1cc(C=O)cnc1C=O. The van der Waals surface area contributed by atoms with E-state index in [1.54, 1.807) is 20.8 Å². The number of carbonyl (C=O) groups is 3. The van der Waals surface area contributed by atoms with Crippen LogP contribution in [0.1, 0.15) is 41.6 Å². The van der Waals surface area contributed by atoms with Crippen LogP contribution in [-0.4, -0.2) is 29.3 Å². The molecule has 0 aliphatic heterocycles. The summed E-state index contributed by atoms with van der Waals surface area (Å²) >= 11 is 0. The molecule has 0 aliphatic rings. The molecule has 18 heavy (non-hydrogen) atoms. The second-order valence-corrected chi connectivity index (χ2v) is 4.56. The Hall–Kier alpha value is -2.24. The zero-order chi connectivity index (χ0) is 13.8. The molecule has 1 N–H and O–H groups in total. The van der Waals surface area contributed by atoms with Crippen LogP contribution in [0.3, 0.4) is 0 Å². The van der Waals surface area contributed by atoms with Gasteiger partial charge in [-0.05, 0) is 26.8 Å². The Balaban J connectivity index is 2.91. The highest BCUT2D eigenvalue weighted by Gasteiger charge is 2.17. The maximum Gasteiger partial charge on any atom is 0.412 e. The quantitative estimate of drug-likeness (QED) is 0.830. The third-order valence-electron chi connectivity index (χ3n) is 1.82. The van der Waals surface area contributed by atoms with Gasteiger partial charge in [0.15, 0.2) is 12.6 Å². The Kier molecular flexibility index (Phi) is 4.14. The van der Waals surface area contributed by atoms with Crippen LogP contribution < -0.4 is 5.32 Å². The lowest BCUT2D eigenvalue weighted by molar-refractivity contribution is 0.0635. The Morgan fingerprint density at radius 1 is 1.33 bits per heavy atom. The maximum atomic E-state index is 11.5. The molecule has 0 fully saturated rings. The van der Waals surface area contributed by atoms with Crippen molar-refractivity contribution in [3.05, 3.63) is 23.5 Å². The molecule has 6 heteroatoms. The summed E-state index contributed by atoms with van der Waals surface area (Å²) in [5.74, 6) is 0. The van der Waals surface area contributed by atoms with Crippen LogP contribution in [-0.2, 0) is 4.74 Å². The van der Waals surface area contributed by atoms with E-state index in [1.165, 1.54) is 12.3 Å². The highest BCUT2D eigenvalue weighted by atomic mass is 16.6. The third kappa shape index (κ3) is 3.97. The van der Waals surface area contributed by atoms with Gasteiger partial charge >= 0.3 is 6.09 Å². The van der Waals surface area contributed by atoms with Crippen LogP contribution in [0.5, 0.6) is 0 Å². The molecule has 0 aliphatic carbocycles. The van der Waals surface area contributed by atoms with Crippen molar-refractivity contribution < 1.29 is 19.1 Å². The summed E-state index contributed by atoms with van der Waals surface area (Å²) in [5, 5.41) is 2.38. The van der Waals surface area contributed by atoms with Crippen molar-refractivity contribution in [3.63, 3.8) is 0 Å². The maximum absolute atomic E-state index is 11.5. The van der Waals surface area contributed by atoms with Crippen LogP contribution in [0, 0.1) is 0 Å². The van der Waals surface area contributed by atoms with Crippen molar-refractivity contribution in [2.75, 3.05) is 5.32 Å². The standard InChI is InChI=1S/C12H14N2O4/c1-12(2,3)18-11(17)14-9-4-8(6-15)5-13-10(9)7-16/h4-7H,1-3H3,(H,14,17). The zero-order valence-corrected chi connectivity index (χ0v) is 10.4. The van der Waals surface area contributed by atoms with Gasteiger partial charge in [-0.25, -0.2) is 4.79 Å². The molecule has 0 radical (unpaired) electrons. The van der Waals surface area contributed by atoms with E-state index >= 15 is 0 Å². The number of aldehydes is 2. The van der Waals surface area contributed by atoms with Gasteiger partial charge in [0, 0.05) is 11.8 Å². The smallest absolute Gasteiger partial charge is 0.412 e. The van der Waals surface area contributed by atoms with Crippen LogP contribution in [0.25, 0.3) is 0 Å². The van der Waals surface area contributed by atoms with Gasteiger partial charge in [0.2, 0.25) is 0 Å². The van der Waals surface area contributed by atoms with E-state index in [0.717, 1.165) is 0 Å². The molecule has 1 aromatic heterocycles. The van der Waals surface area contributed by atoms with E-state index < -0.39 is 11.7 Å². The Labute approximate surface area is 104 Å². The second-order valence-electron chi connectivity index (χ2n) is 4.56. The number of pyridine rings is 1. The first kappa shape index (κ1) is 13.8.